The summed E-state index contributed by atoms with van der Waals surface area (Å²) >= 11 is 0. The molecule has 1 aromatic rings. The Labute approximate surface area is 170 Å². The normalized spacial score (nSPS) is 11.0. The van der Waals surface area contributed by atoms with Crippen molar-refractivity contribution in [2.45, 2.75) is 20.3 Å². The van der Waals surface area contributed by atoms with Crippen LogP contribution in [0.4, 0.5) is 0 Å². The van der Waals surface area contributed by atoms with Crippen LogP contribution in [-0.2, 0) is 17.8 Å². The predicted molar refractivity (Wildman–Crippen MR) is 116 cm³/mol. The highest BCUT2D eigenvalue weighted by Gasteiger charge is 2.14. The highest BCUT2D eigenvalue weighted by atomic mass is 28.3. The second-order valence-electron chi connectivity index (χ2n) is 5.80. The zero-order chi connectivity index (χ0) is 20.7. The molecule has 0 amide bonds. The molecule has 154 valence electrons. The Kier molecular flexibility index (Phi) is 14.5. The van der Waals surface area contributed by atoms with Gasteiger partial charge in [-0.1, -0.05) is 13.8 Å². The third kappa shape index (κ3) is 10.3. The summed E-state index contributed by atoms with van der Waals surface area (Å²) in [6.45, 7) is 4.58. The molecule has 10 heteroatoms. The Bertz CT molecular complexity index is 578. The molecular formula is C17H32O7Si3. The molecule has 0 aromatic heterocycles. The molecule has 0 saturated carbocycles. The van der Waals surface area contributed by atoms with Gasteiger partial charge in [-0.25, -0.2) is 4.79 Å². The average Bonchev–Trinajstić information content (AvgIpc) is 2.66. The quantitative estimate of drug-likeness (QED) is 0.290. The standard InChI is InChI=1S/C17H24O5.H8O2Si3/c1-12(2)10-11-22-15(18)9-7-13-6-8-14(19-3)17(21-5)16(13)20-4;3-1-5-2-4/h6-9,12H,10-11H2,1-5H3;5H2,3-4H3/b9-7+;. The number of carbonyl (C=O) groups is 1. The van der Waals surface area contributed by atoms with Gasteiger partial charge in [0.15, 0.2) is 11.5 Å². The van der Waals surface area contributed by atoms with Crippen molar-refractivity contribution < 1.29 is 32.0 Å². The van der Waals surface area contributed by atoms with Gasteiger partial charge in [-0.05, 0) is 30.5 Å². The lowest BCUT2D eigenvalue weighted by molar-refractivity contribution is -0.137. The molecule has 0 unspecified atom stereocenters. The largest absolute Gasteiger partial charge is 0.493 e. The molecule has 0 aliphatic rings. The fraction of sp³-hybridized carbons (Fsp3) is 0.471. The number of ether oxygens (including phenoxy) is 4. The molecular weight excluding hydrogens is 400 g/mol. The van der Waals surface area contributed by atoms with Crippen molar-refractivity contribution in [1.82, 2.24) is 0 Å². The van der Waals surface area contributed by atoms with E-state index >= 15 is 0 Å². The smallest absolute Gasteiger partial charge is 0.330 e. The fourth-order valence-electron chi connectivity index (χ4n) is 1.97. The molecule has 27 heavy (non-hydrogen) atoms. The molecule has 7 nitrogen and oxygen atoms in total. The van der Waals surface area contributed by atoms with Crippen LogP contribution in [0.25, 0.3) is 6.08 Å². The first-order valence-corrected chi connectivity index (χ1v) is 11.3. The minimum absolute atomic E-state index is 0.377. The van der Waals surface area contributed by atoms with E-state index in [4.69, 9.17) is 27.2 Å². The fourth-order valence-corrected chi connectivity index (χ4v) is 5.04. The third-order valence-corrected chi connectivity index (χ3v) is 5.19. The monoisotopic (exact) mass is 432 g/mol. The second kappa shape index (κ2) is 15.5. The van der Waals surface area contributed by atoms with Crippen LogP contribution in [0, 0.1) is 5.92 Å². The van der Waals surface area contributed by atoms with E-state index in [1.54, 1.807) is 25.3 Å². The van der Waals surface area contributed by atoms with Crippen LogP contribution in [0.2, 0.25) is 0 Å². The van der Waals surface area contributed by atoms with Crippen LogP contribution < -0.4 is 14.2 Å². The van der Waals surface area contributed by atoms with E-state index in [1.807, 2.05) is 0 Å². The van der Waals surface area contributed by atoms with Crippen LogP contribution in [0.1, 0.15) is 25.8 Å². The van der Waals surface area contributed by atoms with Gasteiger partial charge in [0, 0.05) is 11.6 Å². The van der Waals surface area contributed by atoms with E-state index in [1.165, 1.54) is 20.3 Å². The summed E-state index contributed by atoms with van der Waals surface area (Å²) in [4.78, 5) is 11.7. The Morgan fingerprint density at radius 1 is 1.07 bits per heavy atom. The highest BCUT2D eigenvalue weighted by molar-refractivity contribution is 6.33. The molecule has 0 aliphatic carbocycles. The van der Waals surface area contributed by atoms with Crippen LogP contribution >= 0.6 is 0 Å². The Morgan fingerprint density at radius 2 is 1.70 bits per heavy atom. The molecule has 1 aromatic carbocycles. The van der Waals surface area contributed by atoms with Gasteiger partial charge >= 0.3 is 5.97 Å². The van der Waals surface area contributed by atoms with Crippen molar-refractivity contribution in [3.05, 3.63) is 23.8 Å². The molecule has 0 heterocycles. The molecule has 0 bridgehead atoms. The van der Waals surface area contributed by atoms with Crippen molar-refractivity contribution in [3.63, 3.8) is 0 Å². The van der Waals surface area contributed by atoms with Gasteiger partial charge in [-0.15, -0.1) is 0 Å². The Hall–Kier alpha value is -1.60. The van der Waals surface area contributed by atoms with Gasteiger partial charge < -0.3 is 27.2 Å². The maximum absolute atomic E-state index is 11.7. The lowest BCUT2D eigenvalue weighted by atomic mass is 10.1. The molecule has 0 N–H and O–H groups in total. The maximum atomic E-state index is 11.7. The lowest BCUT2D eigenvalue weighted by Crippen LogP contribution is -2.04. The maximum Gasteiger partial charge on any atom is 0.330 e. The number of methoxy groups -OCH3 is 3. The van der Waals surface area contributed by atoms with Gasteiger partial charge in [-0.2, -0.15) is 0 Å². The first-order valence-electron chi connectivity index (χ1n) is 8.56. The zero-order valence-electron chi connectivity index (χ0n) is 17.4. The number of benzene rings is 1. The number of hydrogen-bond donors (Lipinski definition) is 0. The summed E-state index contributed by atoms with van der Waals surface area (Å²) in [6.07, 6.45) is 3.86. The minimum Gasteiger partial charge on any atom is -0.493 e. The summed E-state index contributed by atoms with van der Waals surface area (Å²) in [5.74, 6) is 1.68. The number of esters is 1. The SMILES string of the molecule is COc1ccc(/C=C/C(=O)OCCC(C)C)c(OC)c1OC.[SiH3]O[SiH2]O[SiH3]. The molecule has 0 radical (unpaired) electrons. The molecule has 1 rings (SSSR count). The lowest BCUT2D eigenvalue weighted by Gasteiger charge is -2.13. The minimum atomic E-state index is -0.444. The van der Waals surface area contributed by atoms with Crippen LogP contribution in [-0.4, -0.2) is 64.9 Å². The summed E-state index contributed by atoms with van der Waals surface area (Å²) in [5.41, 5.74) is 0.709. The third-order valence-electron chi connectivity index (χ3n) is 3.31. The van der Waals surface area contributed by atoms with E-state index in [2.05, 4.69) is 13.8 Å². The summed E-state index contributed by atoms with van der Waals surface area (Å²) in [7, 11) is 5.90. The van der Waals surface area contributed by atoms with E-state index in [9.17, 15) is 4.79 Å². The molecule has 0 fully saturated rings. The van der Waals surface area contributed by atoms with Crippen molar-refractivity contribution in [2.24, 2.45) is 5.92 Å². The molecule has 0 spiro atoms. The van der Waals surface area contributed by atoms with Crippen LogP contribution in [0.5, 0.6) is 17.2 Å². The second-order valence-corrected chi connectivity index (χ2v) is 10.7. The van der Waals surface area contributed by atoms with Crippen molar-refractivity contribution in [3.8, 4) is 17.2 Å². The molecule has 0 aliphatic heterocycles. The number of rotatable bonds is 10. The van der Waals surface area contributed by atoms with E-state index in [-0.39, 0.29) is 5.97 Å². The highest BCUT2D eigenvalue weighted by Crippen LogP contribution is 2.40. The van der Waals surface area contributed by atoms with Crippen molar-refractivity contribution in [1.29, 1.82) is 0 Å². The zero-order valence-corrected chi connectivity index (χ0v) is 22.8. The summed E-state index contributed by atoms with van der Waals surface area (Å²) < 4.78 is 30.5. The van der Waals surface area contributed by atoms with Gasteiger partial charge in [0.05, 0.1) is 27.9 Å². The van der Waals surface area contributed by atoms with E-state index in [0.717, 1.165) is 27.4 Å². The number of carbonyl (C=O) groups excluding carboxylic acids is 1. The summed E-state index contributed by atoms with van der Waals surface area (Å²) in [5, 5.41) is 0. The van der Waals surface area contributed by atoms with Crippen molar-refractivity contribution >= 4 is 43.0 Å². The topological polar surface area (TPSA) is 72.5 Å². The van der Waals surface area contributed by atoms with Crippen molar-refractivity contribution in [2.75, 3.05) is 27.9 Å². The van der Waals surface area contributed by atoms with Crippen LogP contribution in [0.3, 0.4) is 0 Å². The Morgan fingerprint density at radius 3 is 2.15 bits per heavy atom. The molecule has 0 saturated heterocycles. The van der Waals surface area contributed by atoms with Crippen LogP contribution in [0.15, 0.2) is 18.2 Å². The average molecular weight is 433 g/mol. The summed E-state index contributed by atoms with van der Waals surface area (Å²) in [6, 6.07) is 3.54. The van der Waals surface area contributed by atoms with E-state index in [0.29, 0.717) is 35.3 Å². The van der Waals surface area contributed by atoms with Gasteiger partial charge in [-0.3, -0.25) is 0 Å². The Balaban J connectivity index is 0.00000119. The first kappa shape index (κ1) is 25.4. The van der Waals surface area contributed by atoms with E-state index < -0.39 is 10.0 Å². The van der Waals surface area contributed by atoms with Gasteiger partial charge in [0.2, 0.25) is 5.75 Å². The first-order chi connectivity index (χ1) is 12.9. The number of hydrogen-bond acceptors (Lipinski definition) is 7. The van der Waals surface area contributed by atoms with Gasteiger partial charge in [0.25, 0.3) is 10.0 Å². The van der Waals surface area contributed by atoms with Gasteiger partial charge in [0.1, 0.15) is 21.0 Å². The molecule has 0 atom stereocenters. The predicted octanol–water partition coefficient (Wildman–Crippen LogP) is -0.106.